The molecule has 3 aliphatic heterocycles. The number of hydrogen-bond donors (Lipinski definition) is 2. The summed E-state index contributed by atoms with van der Waals surface area (Å²) >= 11 is 7.06. The minimum atomic E-state index is -0.141. The lowest BCUT2D eigenvalue weighted by Crippen LogP contribution is -2.06. The summed E-state index contributed by atoms with van der Waals surface area (Å²) in [5.41, 5.74) is 16.3. The lowest BCUT2D eigenvalue weighted by molar-refractivity contribution is 0.894. The molecule has 0 radical (unpaired) electrons. The molecule has 45 heavy (non-hydrogen) atoms. The average Bonchev–Trinajstić information content (AvgIpc) is 3.86. The number of aryl methyl sites for hydroxylation is 3. The van der Waals surface area contributed by atoms with Crippen molar-refractivity contribution < 1.29 is 0 Å². The maximum Gasteiger partial charge on any atom is 0.0873 e. The molecule has 4 nitrogen and oxygen atoms in total. The summed E-state index contributed by atoms with van der Waals surface area (Å²) < 4.78 is 0. The molecule has 0 aliphatic carbocycles. The first-order valence-corrected chi connectivity index (χ1v) is 15.6. The molecule has 5 heterocycles. The number of allylic oxidation sites excluding steroid dienone is 5. The highest BCUT2D eigenvalue weighted by molar-refractivity contribution is 6.33. The van der Waals surface area contributed by atoms with Crippen molar-refractivity contribution >= 4 is 34.2 Å². The Morgan fingerprint density at radius 3 is 1.78 bits per heavy atom. The van der Waals surface area contributed by atoms with Gasteiger partial charge in [-0.3, -0.25) is 0 Å². The van der Waals surface area contributed by atoms with Crippen LogP contribution in [0, 0.1) is 20.8 Å². The van der Waals surface area contributed by atoms with Crippen molar-refractivity contribution in [3.63, 3.8) is 0 Å². The Bertz CT molecular complexity index is 2160. The van der Waals surface area contributed by atoms with E-state index in [1.54, 1.807) is 0 Å². The van der Waals surface area contributed by atoms with E-state index in [1.807, 2.05) is 6.07 Å². The summed E-state index contributed by atoms with van der Waals surface area (Å²) in [6, 6.07) is 32.2. The Kier molecular flexibility index (Phi) is 6.54. The van der Waals surface area contributed by atoms with E-state index >= 15 is 0 Å². The molecule has 0 saturated heterocycles. The van der Waals surface area contributed by atoms with Gasteiger partial charge in [0.15, 0.2) is 0 Å². The fourth-order valence-electron chi connectivity index (χ4n) is 6.38. The Morgan fingerprint density at radius 1 is 0.556 bits per heavy atom. The molecule has 2 N–H and O–H groups in total. The summed E-state index contributed by atoms with van der Waals surface area (Å²) in [5, 5.41) is 0.675. The zero-order chi connectivity index (χ0) is 30.7. The largest absolute Gasteiger partial charge is 0.357 e. The van der Waals surface area contributed by atoms with Crippen LogP contribution in [0.4, 0.5) is 0 Å². The number of aromatic amines is 2. The number of hydrogen-bond acceptors (Lipinski definition) is 2. The van der Waals surface area contributed by atoms with E-state index in [1.165, 1.54) is 16.7 Å². The van der Waals surface area contributed by atoms with Gasteiger partial charge in [-0.25, -0.2) is 9.98 Å². The zero-order valence-electron chi connectivity index (χ0n) is 25.3. The summed E-state index contributed by atoms with van der Waals surface area (Å²) in [6.45, 7) is 6.32. The quantitative estimate of drug-likeness (QED) is 0.207. The minimum Gasteiger partial charge on any atom is -0.357 e. The predicted molar refractivity (Wildman–Crippen MR) is 186 cm³/mol. The van der Waals surface area contributed by atoms with Gasteiger partial charge in [0, 0.05) is 28.2 Å². The van der Waals surface area contributed by atoms with Gasteiger partial charge in [0.2, 0.25) is 0 Å². The van der Waals surface area contributed by atoms with Crippen LogP contribution in [-0.2, 0) is 0 Å². The summed E-state index contributed by atoms with van der Waals surface area (Å²) in [6.07, 6.45) is 8.38. The van der Waals surface area contributed by atoms with E-state index in [0.29, 0.717) is 5.02 Å². The normalized spacial score (nSPS) is 20.2. The highest BCUT2D eigenvalue weighted by atomic mass is 35.5. The molecule has 8 bridgehead atoms. The summed E-state index contributed by atoms with van der Waals surface area (Å²) in [7, 11) is 0. The third kappa shape index (κ3) is 4.88. The molecular weight excluding hydrogens is 572 g/mol. The predicted octanol–water partition coefficient (Wildman–Crippen LogP) is 9.66. The first-order chi connectivity index (χ1) is 21.9. The van der Waals surface area contributed by atoms with Gasteiger partial charge in [-0.2, -0.15) is 0 Å². The second-order valence-corrected chi connectivity index (χ2v) is 12.4. The van der Waals surface area contributed by atoms with Crippen molar-refractivity contribution in [3.8, 4) is 0 Å². The van der Waals surface area contributed by atoms with E-state index in [4.69, 9.17) is 21.6 Å². The number of H-pyrrole nitrogens is 2. The summed E-state index contributed by atoms with van der Waals surface area (Å²) in [5.74, 6) is -0.141. The van der Waals surface area contributed by atoms with Crippen molar-refractivity contribution in [2.45, 2.75) is 26.7 Å². The summed E-state index contributed by atoms with van der Waals surface area (Å²) in [4.78, 5) is 17.9. The van der Waals surface area contributed by atoms with Gasteiger partial charge in [0.1, 0.15) is 0 Å². The van der Waals surface area contributed by atoms with E-state index in [-0.39, 0.29) is 5.92 Å². The SMILES string of the molecule is Cc1ccc(/C2=C3\C=CC(=N3)c3cc(Cl)c([nH]3)C(c3ccc(C)cc3)c3ccc([nH]3)/C(c3ccc(C)cc3)=C3/C=CC2=N3)cc1. The number of rotatable bonds is 3. The highest BCUT2D eigenvalue weighted by Crippen LogP contribution is 2.40. The van der Waals surface area contributed by atoms with Crippen LogP contribution in [0.1, 0.15) is 62.1 Å². The molecule has 5 aromatic rings. The number of nitrogens with zero attached hydrogens (tertiary/aromatic N) is 2. The third-order valence-corrected chi connectivity index (χ3v) is 9.10. The van der Waals surface area contributed by atoms with Crippen molar-refractivity contribution in [2.24, 2.45) is 9.98 Å². The minimum absolute atomic E-state index is 0.141. The zero-order valence-corrected chi connectivity index (χ0v) is 26.1. The lowest BCUT2D eigenvalue weighted by Gasteiger charge is -2.17. The van der Waals surface area contributed by atoms with Gasteiger partial charge in [-0.05, 0) is 80.0 Å². The molecule has 0 amide bonds. The van der Waals surface area contributed by atoms with Crippen LogP contribution in [0.3, 0.4) is 0 Å². The van der Waals surface area contributed by atoms with Gasteiger partial charge in [0.25, 0.3) is 0 Å². The van der Waals surface area contributed by atoms with Crippen LogP contribution in [0.15, 0.2) is 137 Å². The highest BCUT2D eigenvalue weighted by Gasteiger charge is 2.27. The first-order valence-electron chi connectivity index (χ1n) is 15.2. The van der Waals surface area contributed by atoms with E-state index in [0.717, 1.165) is 73.4 Å². The van der Waals surface area contributed by atoms with Gasteiger partial charge in [0.05, 0.1) is 39.5 Å². The fraction of sp³-hybridized carbons (Fsp3) is 0.100. The number of fused-ring (bicyclic) bond motifs is 7. The van der Waals surface area contributed by atoms with E-state index in [2.05, 4.69) is 140 Å². The molecule has 1 atom stereocenters. The Balaban J connectivity index is 1.43. The number of nitrogens with one attached hydrogen (secondary N) is 2. The Labute approximate surface area is 268 Å². The van der Waals surface area contributed by atoms with Crippen LogP contribution < -0.4 is 0 Å². The smallest absolute Gasteiger partial charge is 0.0873 e. The Morgan fingerprint density at radius 2 is 1.11 bits per heavy atom. The van der Waals surface area contributed by atoms with Crippen molar-refractivity contribution in [1.29, 1.82) is 0 Å². The molecule has 2 aromatic heterocycles. The monoisotopic (exact) mass is 602 g/mol. The first kappa shape index (κ1) is 27.4. The average molecular weight is 603 g/mol. The second kappa shape index (κ2) is 10.8. The molecule has 3 aromatic carbocycles. The van der Waals surface area contributed by atoms with Gasteiger partial charge < -0.3 is 9.97 Å². The maximum absolute atomic E-state index is 7.06. The van der Waals surface area contributed by atoms with Crippen molar-refractivity contribution in [3.05, 3.63) is 188 Å². The van der Waals surface area contributed by atoms with Gasteiger partial charge in [-0.1, -0.05) is 101 Å². The molecular formula is C40H31ClN4. The number of aliphatic imine (C=N–C) groups is 2. The second-order valence-electron chi connectivity index (χ2n) is 12.0. The molecule has 0 spiro atoms. The number of aromatic nitrogens is 2. The molecule has 1 unspecified atom stereocenters. The van der Waals surface area contributed by atoms with Crippen LogP contribution in [0.5, 0.6) is 0 Å². The van der Waals surface area contributed by atoms with Crippen LogP contribution in [-0.4, -0.2) is 21.4 Å². The van der Waals surface area contributed by atoms with Crippen LogP contribution in [0.2, 0.25) is 5.02 Å². The van der Waals surface area contributed by atoms with E-state index in [9.17, 15) is 0 Å². The molecule has 0 fully saturated rings. The van der Waals surface area contributed by atoms with Gasteiger partial charge in [-0.15, -0.1) is 0 Å². The fourth-order valence-corrected chi connectivity index (χ4v) is 6.65. The van der Waals surface area contributed by atoms with Crippen molar-refractivity contribution in [2.75, 3.05) is 0 Å². The molecule has 5 heteroatoms. The van der Waals surface area contributed by atoms with Crippen LogP contribution >= 0.6 is 11.6 Å². The Hall–Kier alpha value is -5.19. The van der Waals surface area contributed by atoms with Gasteiger partial charge >= 0.3 is 0 Å². The van der Waals surface area contributed by atoms with Crippen LogP contribution in [0.25, 0.3) is 11.1 Å². The topological polar surface area (TPSA) is 56.3 Å². The number of halogens is 1. The molecule has 218 valence electrons. The molecule has 8 rings (SSSR count). The van der Waals surface area contributed by atoms with Crippen molar-refractivity contribution in [1.82, 2.24) is 9.97 Å². The third-order valence-electron chi connectivity index (χ3n) is 8.79. The standard InChI is InChI=1S/C40H31ClN4/c1-23-4-10-26(11-5-23)37-31-17-16-30(42-31)36-22-29(41)40(45-36)39(28-14-8-25(3)9-15-28)35-21-20-34(44-35)38(33-19-18-32(37)43-33)27-12-6-24(2)7-13-27/h4-22,39,44-45H,1-3H3/b37-31-,38-33-. The maximum atomic E-state index is 7.06. The molecule has 3 aliphatic rings. The van der Waals surface area contributed by atoms with E-state index < -0.39 is 0 Å². The number of benzene rings is 3. The lowest BCUT2D eigenvalue weighted by atomic mass is 9.92. The molecule has 0 saturated carbocycles.